The molecule has 23 heavy (non-hydrogen) atoms. The molecule has 0 bridgehead atoms. The summed E-state index contributed by atoms with van der Waals surface area (Å²) in [6, 6.07) is 4.04. The van der Waals surface area contributed by atoms with Crippen LogP contribution in [0.4, 0.5) is 11.4 Å². The van der Waals surface area contributed by atoms with Gasteiger partial charge in [0.25, 0.3) is 5.69 Å². The lowest BCUT2D eigenvalue weighted by atomic mass is 10.2. The monoisotopic (exact) mass is 336 g/mol. The van der Waals surface area contributed by atoms with Crippen LogP contribution in [0.1, 0.15) is 6.92 Å². The average molecular weight is 336 g/mol. The second-order valence-corrected chi connectivity index (χ2v) is 6.02. The number of carbonyl (C=O) groups is 1. The second-order valence-electron chi connectivity index (χ2n) is 4.71. The molecule has 2 aromatic rings. The maximum absolute atomic E-state index is 12.3. The molecular formula is C14H16N4O4S. The molecule has 1 heterocycles. The number of carbonyl (C=O) groups excluding carboxylic acids is 1. The van der Waals surface area contributed by atoms with Gasteiger partial charge in [0.1, 0.15) is 5.75 Å². The van der Waals surface area contributed by atoms with E-state index in [9.17, 15) is 14.9 Å². The van der Waals surface area contributed by atoms with Gasteiger partial charge in [-0.1, -0.05) is 11.8 Å². The maximum Gasteiger partial charge on any atom is 0.271 e. The number of thioether (sulfide) groups is 1. The number of aryl methyl sites for hydroxylation is 1. The van der Waals surface area contributed by atoms with Gasteiger partial charge < -0.3 is 14.6 Å². The second kappa shape index (κ2) is 7.14. The van der Waals surface area contributed by atoms with Crippen LogP contribution in [-0.4, -0.2) is 32.7 Å². The van der Waals surface area contributed by atoms with Gasteiger partial charge >= 0.3 is 0 Å². The van der Waals surface area contributed by atoms with E-state index in [-0.39, 0.29) is 17.3 Å². The molecule has 0 aliphatic carbocycles. The van der Waals surface area contributed by atoms with E-state index in [0.29, 0.717) is 10.9 Å². The van der Waals surface area contributed by atoms with Gasteiger partial charge in [-0.05, 0) is 13.0 Å². The van der Waals surface area contributed by atoms with Crippen LogP contribution in [0.3, 0.4) is 0 Å². The van der Waals surface area contributed by atoms with Gasteiger partial charge in [0.2, 0.25) is 5.91 Å². The number of hydrogen-bond donors (Lipinski definition) is 1. The van der Waals surface area contributed by atoms with E-state index in [4.69, 9.17) is 4.74 Å². The first-order valence-corrected chi connectivity index (χ1v) is 7.57. The molecule has 1 unspecified atom stereocenters. The Morgan fingerprint density at radius 2 is 2.26 bits per heavy atom. The Morgan fingerprint density at radius 1 is 1.52 bits per heavy atom. The summed E-state index contributed by atoms with van der Waals surface area (Å²) < 4.78 is 6.93. The third-order valence-corrected chi connectivity index (χ3v) is 4.25. The Balaban J connectivity index is 2.14. The summed E-state index contributed by atoms with van der Waals surface area (Å²) in [5.74, 6) is 0.0648. The number of amides is 1. The molecule has 122 valence electrons. The number of non-ortho nitro benzene ring substituents is 1. The Labute approximate surface area is 137 Å². The minimum absolute atomic E-state index is 0.120. The normalized spacial score (nSPS) is 11.8. The molecule has 0 saturated carbocycles. The van der Waals surface area contributed by atoms with Crippen LogP contribution in [0, 0.1) is 10.1 Å². The van der Waals surface area contributed by atoms with Crippen molar-refractivity contribution in [3.63, 3.8) is 0 Å². The predicted molar refractivity (Wildman–Crippen MR) is 86.8 cm³/mol. The molecule has 0 aliphatic rings. The van der Waals surface area contributed by atoms with Crippen LogP contribution in [0.2, 0.25) is 0 Å². The molecule has 0 fully saturated rings. The minimum Gasteiger partial charge on any atom is -0.495 e. The quantitative estimate of drug-likeness (QED) is 0.494. The lowest BCUT2D eigenvalue weighted by molar-refractivity contribution is -0.384. The van der Waals surface area contributed by atoms with Crippen LogP contribution in [-0.2, 0) is 11.8 Å². The van der Waals surface area contributed by atoms with Crippen molar-refractivity contribution in [2.75, 3.05) is 12.4 Å². The highest BCUT2D eigenvalue weighted by molar-refractivity contribution is 8.00. The van der Waals surface area contributed by atoms with Gasteiger partial charge in [-0.2, -0.15) is 0 Å². The van der Waals surface area contributed by atoms with Gasteiger partial charge in [-0.3, -0.25) is 14.9 Å². The summed E-state index contributed by atoms with van der Waals surface area (Å²) in [5, 5.41) is 13.8. The molecule has 0 radical (unpaired) electrons. The molecule has 2 rings (SSSR count). The highest BCUT2D eigenvalue weighted by Gasteiger charge is 2.19. The number of ether oxygens (including phenoxy) is 1. The van der Waals surface area contributed by atoms with Crippen molar-refractivity contribution in [1.29, 1.82) is 0 Å². The van der Waals surface area contributed by atoms with Crippen molar-refractivity contribution >= 4 is 29.0 Å². The summed E-state index contributed by atoms with van der Waals surface area (Å²) in [7, 11) is 3.27. The van der Waals surface area contributed by atoms with E-state index in [1.807, 2.05) is 11.6 Å². The van der Waals surface area contributed by atoms with Gasteiger partial charge in [-0.25, -0.2) is 4.98 Å². The van der Waals surface area contributed by atoms with E-state index in [2.05, 4.69) is 10.3 Å². The molecule has 1 atom stereocenters. The minimum atomic E-state index is -0.527. The number of hydrogen-bond acceptors (Lipinski definition) is 6. The van der Waals surface area contributed by atoms with Crippen LogP contribution >= 0.6 is 11.8 Å². The number of anilines is 1. The van der Waals surface area contributed by atoms with E-state index in [1.165, 1.54) is 37.1 Å². The zero-order chi connectivity index (χ0) is 17.0. The average Bonchev–Trinajstić information content (AvgIpc) is 2.92. The first kappa shape index (κ1) is 16.8. The van der Waals surface area contributed by atoms with Gasteiger partial charge in [0, 0.05) is 31.6 Å². The van der Waals surface area contributed by atoms with Crippen LogP contribution < -0.4 is 10.1 Å². The summed E-state index contributed by atoms with van der Waals surface area (Å²) in [6.45, 7) is 1.73. The lowest BCUT2D eigenvalue weighted by Gasteiger charge is -2.13. The maximum atomic E-state index is 12.3. The fraction of sp³-hybridized carbons (Fsp3) is 0.286. The SMILES string of the molecule is COc1ccc([N+](=O)[O-])cc1NC(=O)C(C)Sc1nccn1C. The van der Waals surface area contributed by atoms with Gasteiger partial charge in [-0.15, -0.1) is 0 Å². The predicted octanol–water partition coefficient (Wildman–Crippen LogP) is 2.46. The van der Waals surface area contributed by atoms with Crippen molar-refractivity contribution in [2.45, 2.75) is 17.3 Å². The number of aromatic nitrogens is 2. The van der Waals surface area contributed by atoms with Crippen molar-refractivity contribution in [1.82, 2.24) is 9.55 Å². The van der Waals surface area contributed by atoms with Gasteiger partial charge in [0.05, 0.1) is 23.0 Å². The van der Waals surface area contributed by atoms with E-state index >= 15 is 0 Å². The molecule has 9 heteroatoms. The molecule has 0 aliphatic heterocycles. The Kier molecular flexibility index (Phi) is 5.22. The number of methoxy groups -OCH3 is 1. The van der Waals surface area contributed by atoms with E-state index in [1.54, 1.807) is 19.3 Å². The molecular weight excluding hydrogens is 320 g/mol. The largest absolute Gasteiger partial charge is 0.495 e. The summed E-state index contributed by atoms with van der Waals surface area (Å²) in [6.07, 6.45) is 3.44. The lowest BCUT2D eigenvalue weighted by Crippen LogP contribution is -2.23. The summed E-state index contributed by atoms with van der Waals surface area (Å²) in [5.41, 5.74) is 0.143. The van der Waals surface area contributed by atoms with Crippen molar-refractivity contribution in [2.24, 2.45) is 7.05 Å². The van der Waals surface area contributed by atoms with Crippen molar-refractivity contribution in [3.05, 3.63) is 40.7 Å². The van der Waals surface area contributed by atoms with Gasteiger partial charge in [0.15, 0.2) is 5.16 Å². The Morgan fingerprint density at radius 3 is 2.83 bits per heavy atom. The van der Waals surface area contributed by atoms with E-state index < -0.39 is 10.2 Å². The topological polar surface area (TPSA) is 99.3 Å². The molecule has 1 N–H and O–H groups in total. The number of nitrogens with zero attached hydrogens (tertiary/aromatic N) is 3. The number of imidazole rings is 1. The van der Waals surface area contributed by atoms with E-state index in [0.717, 1.165) is 0 Å². The Bertz CT molecular complexity index is 731. The fourth-order valence-electron chi connectivity index (χ4n) is 1.82. The molecule has 1 aromatic heterocycles. The number of benzene rings is 1. The number of nitrogens with one attached hydrogen (secondary N) is 1. The standard InChI is InChI=1S/C14H16N4O4S/c1-9(23-14-15-6-7-17(14)2)13(19)16-11-8-10(18(20)21)4-5-12(11)22-3/h4-9H,1-3H3,(H,16,19). The van der Waals surface area contributed by atoms with Crippen molar-refractivity contribution in [3.8, 4) is 5.75 Å². The number of nitro benzene ring substituents is 1. The third kappa shape index (κ3) is 4.01. The number of nitro groups is 1. The first-order chi connectivity index (χ1) is 10.9. The zero-order valence-electron chi connectivity index (χ0n) is 12.8. The van der Waals surface area contributed by atoms with Crippen LogP contribution in [0.25, 0.3) is 0 Å². The molecule has 1 amide bonds. The number of rotatable bonds is 6. The highest BCUT2D eigenvalue weighted by atomic mass is 32.2. The zero-order valence-corrected chi connectivity index (χ0v) is 13.7. The van der Waals surface area contributed by atoms with Crippen molar-refractivity contribution < 1.29 is 14.5 Å². The Hall–Kier alpha value is -2.55. The van der Waals surface area contributed by atoms with Crippen LogP contribution in [0.5, 0.6) is 5.75 Å². The molecule has 8 nitrogen and oxygen atoms in total. The molecule has 1 aromatic carbocycles. The third-order valence-electron chi connectivity index (χ3n) is 3.08. The first-order valence-electron chi connectivity index (χ1n) is 6.69. The molecule has 0 spiro atoms. The molecule has 0 saturated heterocycles. The van der Waals surface area contributed by atoms with Crippen LogP contribution in [0.15, 0.2) is 35.7 Å². The highest BCUT2D eigenvalue weighted by Crippen LogP contribution is 2.30. The fourth-order valence-corrected chi connectivity index (χ4v) is 2.65. The summed E-state index contributed by atoms with van der Waals surface area (Å²) >= 11 is 1.29. The summed E-state index contributed by atoms with van der Waals surface area (Å²) in [4.78, 5) is 26.8. The smallest absolute Gasteiger partial charge is 0.271 e.